The monoisotopic (exact) mass is 605 g/mol. The molecule has 0 aliphatic carbocycles. The van der Waals surface area contributed by atoms with Crippen LogP contribution in [0.1, 0.15) is 43.0 Å². The van der Waals surface area contributed by atoms with E-state index in [0.717, 1.165) is 5.56 Å². The molecule has 0 saturated carbocycles. The molecule has 4 aromatic rings. The fourth-order valence-electron chi connectivity index (χ4n) is 3.71. The largest absolute Gasteiger partial charge is 0.444 e. The molecule has 0 aliphatic rings. The van der Waals surface area contributed by atoms with Gasteiger partial charge in [0.15, 0.2) is 0 Å². The lowest BCUT2D eigenvalue weighted by molar-refractivity contribution is 0.0359. The number of amides is 1. The van der Waals surface area contributed by atoms with Gasteiger partial charge in [0.2, 0.25) is 0 Å². The number of aliphatic hydroxyl groups is 1. The van der Waals surface area contributed by atoms with Gasteiger partial charge in [0.1, 0.15) is 22.5 Å². The van der Waals surface area contributed by atoms with Crippen molar-refractivity contribution < 1.29 is 32.0 Å². The summed E-state index contributed by atoms with van der Waals surface area (Å²) in [7, 11) is -3.92. The van der Waals surface area contributed by atoms with Gasteiger partial charge in [0.25, 0.3) is 0 Å². The van der Waals surface area contributed by atoms with E-state index in [1.807, 2.05) is 43.3 Å². The second-order valence-corrected chi connectivity index (χ2v) is 12.4. The molecule has 1 amide bonds. The number of aryl methyl sites for hydroxylation is 1. The van der Waals surface area contributed by atoms with Crippen LogP contribution in [-0.2, 0) is 39.2 Å². The topological polar surface area (TPSA) is 111 Å². The van der Waals surface area contributed by atoms with E-state index in [1.54, 1.807) is 45.0 Å². The van der Waals surface area contributed by atoms with Gasteiger partial charge < -0.3 is 18.8 Å². The second-order valence-electron chi connectivity index (χ2n) is 10.8. The van der Waals surface area contributed by atoms with Crippen LogP contribution in [0.4, 0.5) is 4.79 Å². The summed E-state index contributed by atoms with van der Waals surface area (Å²) < 4.78 is 40.4. The molecule has 1 unspecified atom stereocenters. The molecule has 0 aromatic heterocycles. The molecule has 1 atom stereocenters. The highest BCUT2D eigenvalue weighted by atomic mass is 32.2. The molecule has 4 rings (SSSR count). The third-order valence-electron chi connectivity index (χ3n) is 5.77. The standard InChI is InChI=1S/C20H25NO6S.C14H14O/c1-14-5-11-17(12-6-14)28(24,25)27-16-9-7-15(8-10-16)13-18(22)21-19(23)26-20(2,3)4;1-3-7-13(8-4-1)11-15-12-14-9-5-2-6-10-14/h5-12,18,22H,13H2,1-4H3,(H,21,23);1-10H,11-12H2. The minimum Gasteiger partial charge on any atom is -0.444 e. The first-order chi connectivity index (χ1) is 20.4. The third-order valence-corrected chi connectivity index (χ3v) is 7.04. The van der Waals surface area contributed by atoms with Crippen LogP contribution in [0.3, 0.4) is 0 Å². The Hall–Kier alpha value is -4.18. The van der Waals surface area contributed by atoms with Crippen LogP contribution in [0.2, 0.25) is 0 Å². The molecule has 0 saturated heterocycles. The number of ether oxygens (including phenoxy) is 2. The number of benzene rings is 4. The number of hydrogen-bond acceptors (Lipinski definition) is 7. The summed E-state index contributed by atoms with van der Waals surface area (Å²) in [6.07, 6.45) is -1.73. The van der Waals surface area contributed by atoms with Crippen molar-refractivity contribution in [2.75, 3.05) is 0 Å². The number of rotatable bonds is 10. The molecule has 0 bridgehead atoms. The third kappa shape index (κ3) is 12.7. The maximum atomic E-state index is 12.3. The molecule has 43 heavy (non-hydrogen) atoms. The zero-order valence-corrected chi connectivity index (χ0v) is 25.7. The van der Waals surface area contributed by atoms with Gasteiger partial charge in [-0.25, -0.2) is 4.79 Å². The van der Waals surface area contributed by atoms with Crippen LogP contribution in [0, 0.1) is 6.92 Å². The molecule has 0 radical (unpaired) electrons. The number of nitrogens with one attached hydrogen (secondary N) is 1. The molecule has 0 aliphatic heterocycles. The van der Waals surface area contributed by atoms with E-state index in [4.69, 9.17) is 13.7 Å². The maximum Gasteiger partial charge on any atom is 0.409 e. The Morgan fingerprint density at radius 2 is 1.28 bits per heavy atom. The summed E-state index contributed by atoms with van der Waals surface area (Å²) in [6, 6.07) is 33.0. The van der Waals surface area contributed by atoms with Crippen molar-refractivity contribution >= 4 is 16.2 Å². The van der Waals surface area contributed by atoms with Crippen LogP contribution in [0.15, 0.2) is 114 Å². The normalized spacial score (nSPS) is 11.9. The minimum atomic E-state index is -3.92. The number of hydrogen-bond donors (Lipinski definition) is 2. The molecule has 0 fully saturated rings. The molecule has 4 aromatic carbocycles. The summed E-state index contributed by atoms with van der Waals surface area (Å²) in [5.41, 5.74) is 3.40. The summed E-state index contributed by atoms with van der Waals surface area (Å²) in [6.45, 7) is 8.39. The van der Waals surface area contributed by atoms with Gasteiger partial charge in [-0.1, -0.05) is 90.5 Å². The van der Waals surface area contributed by atoms with E-state index in [-0.39, 0.29) is 17.1 Å². The van der Waals surface area contributed by atoms with Gasteiger partial charge in [-0.05, 0) is 68.7 Å². The van der Waals surface area contributed by atoms with E-state index in [0.29, 0.717) is 18.8 Å². The Balaban J connectivity index is 0.000000282. The number of carbonyl (C=O) groups is 1. The number of alkyl carbamates (subject to hydrolysis) is 1. The average Bonchev–Trinajstić information content (AvgIpc) is 2.95. The second kappa shape index (κ2) is 15.9. The first-order valence-corrected chi connectivity index (χ1v) is 15.2. The Labute approximate surface area is 254 Å². The van der Waals surface area contributed by atoms with E-state index in [1.165, 1.54) is 35.4 Å². The fourth-order valence-corrected chi connectivity index (χ4v) is 4.64. The van der Waals surface area contributed by atoms with Crippen LogP contribution < -0.4 is 9.50 Å². The van der Waals surface area contributed by atoms with Crippen molar-refractivity contribution in [2.45, 2.75) is 64.1 Å². The molecular formula is C34H39NO7S. The average molecular weight is 606 g/mol. The lowest BCUT2D eigenvalue weighted by atomic mass is 10.1. The van der Waals surface area contributed by atoms with Crippen molar-refractivity contribution in [2.24, 2.45) is 0 Å². The van der Waals surface area contributed by atoms with Gasteiger partial charge in [-0.3, -0.25) is 5.32 Å². The number of aliphatic hydroxyl groups excluding tert-OH is 1. The Morgan fingerprint density at radius 3 is 1.77 bits per heavy atom. The first-order valence-electron chi connectivity index (χ1n) is 13.8. The maximum absolute atomic E-state index is 12.3. The van der Waals surface area contributed by atoms with Crippen molar-refractivity contribution in [1.82, 2.24) is 5.32 Å². The zero-order valence-electron chi connectivity index (χ0n) is 24.9. The number of carbonyl (C=O) groups excluding carboxylic acids is 1. The van der Waals surface area contributed by atoms with E-state index in [2.05, 4.69) is 29.6 Å². The first kappa shape index (κ1) is 33.3. The Kier molecular flexibility index (Phi) is 12.3. The smallest absolute Gasteiger partial charge is 0.409 e. The molecule has 0 spiro atoms. The minimum absolute atomic E-state index is 0.0687. The van der Waals surface area contributed by atoms with Gasteiger partial charge >= 0.3 is 16.2 Å². The predicted molar refractivity (Wildman–Crippen MR) is 166 cm³/mol. The van der Waals surface area contributed by atoms with E-state index >= 15 is 0 Å². The van der Waals surface area contributed by atoms with Gasteiger partial charge in [0.05, 0.1) is 13.2 Å². The Bertz CT molecular complexity index is 1460. The van der Waals surface area contributed by atoms with Crippen LogP contribution in [0.5, 0.6) is 5.75 Å². The van der Waals surface area contributed by atoms with E-state index < -0.39 is 28.0 Å². The van der Waals surface area contributed by atoms with Gasteiger partial charge in [-0.15, -0.1) is 0 Å². The Morgan fingerprint density at radius 1 is 0.767 bits per heavy atom. The van der Waals surface area contributed by atoms with Crippen molar-refractivity contribution in [3.8, 4) is 5.75 Å². The molecule has 9 heteroatoms. The summed E-state index contributed by atoms with van der Waals surface area (Å²) >= 11 is 0. The SMILES string of the molecule is Cc1ccc(S(=O)(=O)Oc2ccc(CC(O)NC(=O)OC(C)(C)C)cc2)cc1.c1ccc(COCc2ccccc2)cc1. The summed E-state index contributed by atoms with van der Waals surface area (Å²) in [4.78, 5) is 11.7. The van der Waals surface area contributed by atoms with Crippen molar-refractivity contribution in [3.63, 3.8) is 0 Å². The van der Waals surface area contributed by atoms with Gasteiger partial charge in [0, 0.05) is 6.42 Å². The van der Waals surface area contributed by atoms with E-state index in [9.17, 15) is 18.3 Å². The summed E-state index contributed by atoms with van der Waals surface area (Å²) in [5.74, 6) is 0.152. The van der Waals surface area contributed by atoms with Gasteiger partial charge in [-0.2, -0.15) is 8.42 Å². The quantitative estimate of drug-likeness (QED) is 0.156. The molecular weight excluding hydrogens is 566 g/mol. The predicted octanol–water partition coefficient (Wildman–Crippen LogP) is 6.55. The molecule has 8 nitrogen and oxygen atoms in total. The zero-order chi connectivity index (χ0) is 31.3. The lowest BCUT2D eigenvalue weighted by Crippen LogP contribution is -2.40. The van der Waals surface area contributed by atoms with Crippen LogP contribution >= 0.6 is 0 Å². The highest BCUT2D eigenvalue weighted by molar-refractivity contribution is 7.87. The highest BCUT2D eigenvalue weighted by Crippen LogP contribution is 2.20. The van der Waals surface area contributed by atoms with Crippen LogP contribution in [-0.4, -0.2) is 31.4 Å². The van der Waals surface area contributed by atoms with Crippen molar-refractivity contribution in [3.05, 3.63) is 131 Å². The molecule has 0 heterocycles. The lowest BCUT2D eigenvalue weighted by Gasteiger charge is -2.21. The summed E-state index contributed by atoms with van der Waals surface area (Å²) in [5, 5.41) is 12.3. The fraction of sp³-hybridized carbons (Fsp3) is 0.265. The molecule has 2 N–H and O–H groups in total. The highest BCUT2D eigenvalue weighted by Gasteiger charge is 2.19. The van der Waals surface area contributed by atoms with Crippen molar-refractivity contribution in [1.29, 1.82) is 0 Å². The molecule has 228 valence electrons. The van der Waals surface area contributed by atoms with Crippen LogP contribution in [0.25, 0.3) is 0 Å².